The number of piperazine rings is 1. The highest BCUT2D eigenvalue weighted by molar-refractivity contribution is 9.10. The number of H-pyrrole nitrogens is 1. The molecule has 3 heterocycles. The van der Waals surface area contributed by atoms with E-state index in [4.69, 9.17) is 0 Å². The number of nitrogens with zero attached hydrogens (tertiary/aromatic N) is 6. The summed E-state index contributed by atoms with van der Waals surface area (Å²) in [7, 11) is 0. The molecule has 1 fully saturated rings. The summed E-state index contributed by atoms with van der Waals surface area (Å²) >= 11 is 3.39. The second-order valence-electron chi connectivity index (χ2n) is 10.7. The fourth-order valence-electron chi connectivity index (χ4n) is 5.15. The Morgan fingerprint density at radius 1 is 1.00 bits per heavy atom. The predicted octanol–water partition coefficient (Wildman–Crippen LogP) is 4.99. The smallest absolute Gasteiger partial charge is 0.255 e. The van der Waals surface area contributed by atoms with Crippen molar-refractivity contribution in [1.29, 1.82) is 0 Å². The van der Waals surface area contributed by atoms with Crippen molar-refractivity contribution in [3.8, 4) is 5.69 Å². The van der Waals surface area contributed by atoms with Gasteiger partial charge in [-0.05, 0) is 84.4 Å². The number of halogens is 2. The lowest BCUT2D eigenvalue weighted by Gasteiger charge is -2.43. The average Bonchev–Trinajstić information content (AvgIpc) is 3.67. The highest BCUT2D eigenvalue weighted by Gasteiger charge is 2.35. The quantitative estimate of drug-likeness (QED) is 0.273. The first kappa shape index (κ1) is 27.7. The molecule has 42 heavy (non-hydrogen) atoms. The van der Waals surface area contributed by atoms with Crippen LogP contribution in [0.4, 0.5) is 10.1 Å². The van der Waals surface area contributed by atoms with Crippen molar-refractivity contribution in [2.45, 2.75) is 19.4 Å². The SMILES string of the molecule is CC(C)(c1cn(-c2ccc(F)cc2Br)nn1)N1CCN(C(=O)c2cccc(NC(=O)c3ccc4nc[nH]c4c3)c2)CC1. The number of amides is 2. The molecule has 12 heteroatoms. The Morgan fingerprint density at radius 3 is 2.60 bits per heavy atom. The number of hydrogen-bond donors (Lipinski definition) is 2. The molecule has 10 nitrogen and oxygen atoms in total. The van der Waals surface area contributed by atoms with Crippen LogP contribution >= 0.6 is 15.9 Å². The minimum atomic E-state index is -0.441. The van der Waals surface area contributed by atoms with Crippen LogP contribution in [0, 0.1) is 5.82 Å². The number of aromatic amines is 1. The fraction of sp³-hybridized carbons (Fsp3) is 0.233. The van der Waals surface area contributed by atoms with Gasteiger partial charge in [-0.15, -0.1) is 5.10 Å². The van der Waals surface area contributed by atoms with E-state index in [9.17, 15) is 14.0 Å². The van der Waals surface area contributed by atoms with Gasteiger partial charge >= 0.3 is 0 Å². The van der Waals surface area contributed by atoms with E-state index >= 15 is 0 Å². The second-order valence-corrected chi connectivity index (χ2v) is 11.5. The van der Waals surface area contributed by atoms with Crippen molar-refractivity contribution >= 4 is 44.5 Å². The van der Waals surface area contributed by atoms with Gasteiger partial charge in [-0.3, -0.25) is 14.5 Å². The van der Waals surface area contributed by atoms with Crippen LogP contribution in [0.25, 0.3) is 16.7 Å². The Labute approximate surface area is 249 Å². The van der Waals surface area contributed by atoms with Crippen LogP contribution in [0.5, 0.6) is 0 Å². The summed E-state index contributed by atoms with van der Waals surface area (Å²) in [5.74, 6) is -0.691. The van der Waals surface area contributed by atoms with Gasteiger partial charge in [0, 0.05) is 47.5 Å². The van der Waals surface area contributed by atoms with E-state index in [0.29, 0.717) is 53.2 Å². The van der Waals surface area contributed by atoms with Crippen LogP contribution in [0.2, 0.25) is 0 Å². The molecule has 1 aliphatic rings. The van der Waals surface area contributed by atoms with Gasteiger partial charge in [0.15, 0.2) is 0 Å². The summed E-state index contributed by atoms with van der Waals surface area (Å²) in [5, 5.41) is 11.6. The Morgan fingerprint density at radius 2 is 1.81 bits per heavy atom. The van der Waals surface area contributed by atoms with Crippen molar-refractivity contribution in [1.82, 2.24) is 34.8 Å². The third kappa shape index (κ3) is 5.42. The molecule has 0 spiro atoms. The summed E-state index contributed by atoms with van der Waals surface area (Å²) in [4.78, 5) is 37.5. The van der Waals surface area contributed by atoms with E-state index in [1.54, 1.807) is 59.5 Å². The predicted molar refractivity (Wildman–Crippen MR) is 160 cm³/mol. The molecule has 0 saturated carbocycles. The second kappa shape index (κ2) is 11.1. The molecule has 1 aliphatic heterocycles. The van der Waals surface area contributed by atoms with E-state index in [1.807, 2.05) is 11.1 Å². The standard InChI is InChI=1S/C30H28BrFN8O2/c1-30(2,27-17-40(37-36-27)26-9-7-21(32)16-23(26)31)39-12-10-38(11-13-39)29(42)20-4-3-5-22(14-20)35-28(41)19-6-8-24-25(15-19)34-18-33-24/h3-9,14-18H,10-13H2,1-2H3,(H,33,34)(H,35,41). The zero-order valence-corrected chi connectivity index (χ0v) is 24.6. The van der Waals surface area contributed by atoms with Crippen LogP contribution in [0.3, 0.4) is 0 Å². The zero-order valence-electron chi connectivity index (χ0n) is 23.0. The molecular formula is C30H28BrFN8O2. The lowest BCUT2D eigenvalue weighted by Crippen LogP contribution is -2.54. The maximum absolute atomic E-state index is 13.5. The molecule has 3 aromatic carbocycles. The van der Waals surface area contributed by atoms with Gasteiger partial charge in [-0.25, -0.2) is 14.1 Å². The maximum Gasteiger partial charge on any atom is 0.255 e. The topological polar surface area (TPSA) is 112 Å². The number of rotatable bonds is 6. The van der Waals surface area contributed by atoms with Crippen molar-refractivity contribution < 1.29 is 14.0 Å². The first-order valence-corrected chi connectivity index (χ1v) is 14.3. The highest BCUT2D eigenvalue weighted by Crippen LogP contribution is 2.29. The van der Waals surface area contributed by atoms with Crippen molar-refractivity contribution in [2.24, 2.45) is 0 Å². The zero-order chi connectivity index (χ0) is 29.4. The number of hydrogen-bond acceptors (Lipinski definition) is 6. The van der Waals surface area contributed by atoms with Crippen molar-refractivity contribution in [2.75, 3.05) is 31.5 Å². The molecule has 2 N–H and O–H groups in total. The van der Waals surface area contributed by atoms with Gasteiger partial charge in [0.2, 0.25) is 0 Å². The fourth-order valence-corrected chi connectivity index (χ4v) is 5.68. The third-order valence-electron chi connectivity index (χ3n) is 7.68. The molecular weight excluding hydrogens is 603 g/mol. The molecule has 0 radical (unpaired) electrons. The van der Waals surface area contributed by atoms with E-state index in [-0.39, 0.29) is 17.6 Å². The minimum Gasteiger partial charge on any atom is -0.345 e. The molecule has 2 amide bonds. The number of benzene rings is 3. The number of carbonyl (C=O) groups is 2. The molecule has 0 bridgehead atoms. The summed E-state index contributed by atoms with van der Waals surface area (Å²) in [6.07, 6.45) is 3.44. The van der Waals surface area contributed by atoms with Gasteiger partial charge in [0.1, 0.15) is 11.5 Å². The number of aromatic nitrogens is 5. The summed E-state index contributed by atoms with van der Waals surface area (Å²) < 4.78 is 15.7. The van der Waals surface area contributed by atoms with E-state index < -0.39 is 5.54 Å². The van der Waals surface area contributed by atoms with E-state index in [1.165, 1.54) is 12.1 Å². The van der Waals surface area contributed by atoms with Gasteiger partial charge in [-0.1, -0.05) is 11.3 Å². The van der Waals surface area contributed by atoms with Gasteiger partial charge in [0.05, 0.1) is 34.8 Å². The molecule has 2 aromatic heterocycles. The molecule has 0 aliphatic carbocycles. The Bertz CT molecular complexity index is 1790. The third-order valence-corrected chi connectivity index (χ3v) is 8.32. The monoisotopic (exact) mass is 630 g/mol. The first-order valence-electron chi connectivity index (χ1n) is 13.5. The number of anilines is 1. The maximum atomic E-state index is 13.5. The van der Waals surface area contributed by atoms with Crippen molar-refractivity contribution in [3.63, 3.8) is 0 Å². The van der Waals surface area contributed by atoms with Crippen LogP contribution in [-0.2, 0) is 5.54 Å². The summed E-state index contributed by atoms with van der Waals surface area (Å²) in [6, 6.07) is 16.7. The summed E-state index contributed by atoms with van der Waals surface area (Å²) in [5.41, 5.74) is 4.14. The molecule has 0 atom stereocenters. The number of carbonyl (C=O) groups excluding carboxylic acids is 2. The Balaban J connectivity index is 1.09. The largest absolute Gasteiger partial charge is 0.345 e. The van der Waals surface area contributed by atoms with Gasteiger partial charge in [0.25, 0.3) is 11.8 Å². The Hall–Kier alpha value is -4.42. The number of nitrogens with one attached hydrogen (secondary N) is 2. The molecule has 0 unspecified atom stereocenters. The van der Waals surface area contributed by atoms with Crippen LogP contribution < -0.4 is 5.32 Å². The lowest BCUT2D eigenvalue weighted by molar-refractivity contribution is 0.0378. The number of fused-ring (bicyclic) bond motifs is 1. The summed E-state index contributed by atoms with van der Waals surface area (Å²) in [6.45, 7) is 6.54. The van der Waals surface area contributed by atoms with Crippen LogP contribution in [-0.4, -0.2) is 72.8 Å². The van der Waals surface area contributed by atoms with Crippen molar-refractivity contribution in [3.05, 3.63) is 100 Å². The van der Waals surface area contributed by atoms with Crippen LogP contribution in [0.1, 0.15) is 40.3 Å². The van der Waals surface area contributed by atoms with Gasteiger partial charge in [-0.2, -0.15) is 0 Å². The molecule has 1 saturated heterocycles. The molecule has 214 valence electrons. The minimum absolute atomic E-state index is 0.0884. The van der Waals surface area contributed by atoms with Gasteiger partial charge < -0.3 is 15.2 Å². The number of imidazole rings is 1. The Kier molecular flexibility index (Phi) is 7.33. The lowest BCUT2D eigenvalue weighted by atomic mass is 9.97. The average molecular weight is 632 g/mol. The molecule has 5 aromatic rings. The normalized spacial score (nSPS) is 14.3. The highest BCUT2D eigenvalue weighted by atomic mass is 79.9. The first-order chi connectivity index (χ1) is 20.2. The van der Waals surface area contributed by atoms with E-state index in [2.05, 4.69) is 60.3 Å². The molecule has 6 rings (SSSR count). The van der Waals surface area contributed by atoms with Crippen LogP contribution in [0.15, 0.2) is 77.7 Å². The van der Waals surface area contributed by atoms with E-state index in [0.717, 1.165) is 16.7 Å².